The summed E-state index contributed by atoms with van der Waals surface area (Å²) in [5, 5.41) is 17.6. The topological polar surface area (TPSA) is 84.7 Å². The highest BCUT2D eigenvalue weighted by Gasteiger charge is 2.18. The summed E-state index contributed by atoms with van der Waals surface area (Å²) in [4.78, 5) is 12.0. The van der Waals surface area contributed by atoms with Crippen molar-refractivity contribution >= 4 is 24.0 Å². The Kier molecular flexibility index (Phi) is 5.46. The van der Waals surface area contributed by atoms with Crippen LogP contribution >= 0.6 is 12.4 Å². The summed E-state index contributed by atoms with van der Waals surface area (Å²) in [6.07, 6.45) is 1.62. The third kappa shape index (κ3) is 3.80. The first kappa shape index (κ1) is 16.4. The number of carbonyl (C=O) groups excluding carboxylic acids is 1. The molecule has 1 saturated heterocycles. The minimum atomic E-state index is 0. The Morgan fingerprint density at radius 2 is 2.36 bits per heavy atom. The average molecular weight is 323 g/mol. The average Bonchev–Trinajstić information content (AvgIpc) is 3.10. The lowest BCUT2D eigenvalue weighted by atomic mass is 10.0. The number of halogens is 1. The van der Waals surface area contributed by atoms with Crippen molar-refractivity contribution in [2.45, 2.75) is 19.8 Å². The molecule has 0 saturated carbocycles. The smallest absolute Gasteiger partial charge is 0.224 e. The number of aromatic nitrogens is 4. The predicted molar refractivity (Wildman–Crippen MR) is 85.4 cm³/mol. The van der Waals surface area contributed by atoms with Crippen molar-refractivity contribution < 1.29 is 4.79 Å². The second-order valence-electron chi connectivity index (χ2n) is 5.30. The van der Waals surface area contributed by atoms with Crippen LogP contribution in [-0.4, -0.2) is 39.2 Å². The van der Waals surface area contributed by atoms with Crippen LogP contribution in [0.1, 0.15) is 18.7 Å². The molecule has 2 heterocycles. The summed E-state index contributed by atoms with van der Waals surface area (Å²) in [6, 6.07) is 7.52. The zero-order valence-corrected chi connectivity index (χ0v) is 13.1. The van der Waals surface area contributed by atoms with E-state index in [2.05, 4.69) is 26.2 Å². The fraction of sp³-hybridized carbons (Fsp3) is 0.429. The van der Waals surface area contributed by atoms with E-state index in [0.717, 1.165) is 30.9 Å². The summed E-state index contributed by atoms with van der Waals surface area (Å²) >= 11 is 0. The molecule has 1 aromatic carbocycles. The summed E-state index contributed by atoms with van der Waals surface area (Å²) < 4.78 is 1.64. The highest BCUT2D eigenvalue weighted by molar-refractivity contribution is 5.91. The van der Waals surface area contributed by atoms with Crippen molar-refractivity contribution in [2.75, 3.05) is 18.4 Å². The van der Waals surface area contributed by atoms with Gasteiger partial charge in [0.15, 0.2) is 5.82 Å². The van der Waals surface area contributed by atoms with E-state index in [1.54, 1.807) is 4.68 Å². The highest BCUT2D eigenvalue weighted by atomic mass is 35.5. The van der Waals surface area contributed by atoms with Crippen molar-refractivity contribution in [1.29, 1.82) is 0 Å². The first-order valence-electron chi connectivity index (χ1n) is 7.08. The van der Waals surface area contributed by atoms with E-state index in [4.69, 9.17) is 0 Å². The molecule has 118 valence electrons. The minimum absolute atomic E-state index is 0. The van der Waals surface area contributed by atoms with E-state index < -0.39 is 0 Å². The van der Waals surface area contributed by atoms with Crippen LogP contribution in [0.25, 0.3) is 5.69 Å². The van der Waals surface area contributed by atoms with Crippen LogP contribution in [0, 0.1) is 12.8 Å². The second kappa shape index (κ2) is 7.33. The van der Waals surface area contributed by atoms with Crippen molar-refractivity contribution in [2.24, 2.45) is 5.92 Å². The molecule has 1 aliphatic rings. The minimum Gasteiger partial charge on any atom is -0.326 e. The number of tetrazole rings is 1. The van der Waals surface area contributed by atoms with Crippen LogP contribution in [0.5, 0.6) is 0 Å². The zero-order chi connectivity index (χ0) is 14.7. The number of nitrogens with one attached hydrogen (secondary N) is 2. The van der Waals surface area contributed by atoms with Crippen LogP contribution in [-0.2, 0) is 4.79 Å². The lowest BCUT2D eigenvalue weighted by Crippen LogP contribution is -2.18. The molecule has 1 amide bonds. The quantitative estimate of drug-likeness (QED) is 0.887. The van der Waals surface area contributed by atoms with Gasteiger partial charge in [-0.05, 0) is 61.0 Å². The number of hydrogen-bond acceptors (Lipinski definition) is 5. The number of anilines is 1. The molecule has 22 heavy (non-hydrogen) atoms. The fourth-order valence-electron chi connectivity index (χ4n) is 2.55. The maximum absolute atomic E-state index is 12.0. The van der Waals surface area contributed by atoms with Crippen molar-refractivity contribution in [3.05, 3.63) is 30.1 Å². The second-order valence-corrected chi connectivity index (χ2v) is 5.30. The number of nitrogens with zero attached hydrogens (tertiary/aromatic N) is 4. The van der Waals surface area contributed by atoms with Gasteiger partial charge in [-0.2, -0.15) is 4.68 Å². The third-order valence-electron chi connectivity index (χ3n) is 3.64. The van der Waals surface area contributed by atoms with Gasteiger partial charge in [0.1, 0.15) is 0 Å². The van der Waals surface area contributed by atoms with Crippen molar-refractivity contribution in [1.82, 2.24) is 25.5 Å². The number of amides is 1. The van der Waals surface area contributed by atoms with Gasteiger partial charge >= 0.3 is 0 Å². The van der Waals surface area contributed by atoms with Crippen LogP contribution in [0.3, 0.4) is 0 Å². The Morgan fingerprint density at radius 1 is 1.50 bits per heavy atom. The van der Waals surface area contributed by atoms with Crippen molar-refractivity contribution in [3.63, 3.8) is 0 Å². The van der Waals surface area contributed by atoms with E-state index >= 15 is 0 Å². The lowest BCUT2D eigenvalue weighted by molar-refractivity contribution is -0.116. The monoisotopic (exact) mass is 322 g/mol. The zero-order valence-electron chi connectivity index (χ0n) is 12.3. The van der Waals surface area contributed by atoms with Crippen LogP contribution < -0.4 is 10.6 Å². The molecule has 3 rings (SSSR count). The molecule has 8 heteroatoms. The highest BCUT2D eigenvalue weighted by Crippen LogP contribution is 2.17. The van der Waals surface area contributed by atoms with Gasteiger partial charge in [0.25, 0.3) is 0 Å². The first-order chi connectivity index (χ1) is 10.2. The van der Waals surface area contributed by atoms with Gasteiger partial charge in [0.2, 0.25) is 5.91 Å². The number of benzene rings is 1. The largest absolute Gasteiger partial charge is 0.326 e. The molecule has 1 fully saturated rings. The van der Waals surface area contributed by atoms with Gasteiger partial charge in [-0.25, -0.2) is 0 Å². The molecule has 1 aliphatic heterocycles. The fourth-order valence-corrected chi connectivity index (χ4v) is 2.55. The Labute approximate surface area is 134 Å². The van der Waals surface area contributed by atoms with E-state index in [9.17, 15) is 4.79 Å². The SMILES string of the molecule is Cc1nnnn1-c1cccc(NC(=O)CC2CCNC2)c1.Cl. The van der Waals surface area contributed by atoms with Gasteiger partial charge in [-0.1, -0.05) is 6.07 Å². The molecule has 0 bridgehead atoms. The van der Waals surface area contributed by atoms with Gasteiger partial charge in [-0.3, -0.25) is 4.79 Å². The molecule has 0 spiro atoms. The van der Waals surface area contributed by atoms with Crippen LogP contribution in [0.15, 0.2) is 24.3 Å². The maximum Gasteiger partial charge on any atom is 0.224 e. The summed E-state index contributed by atoms with van der Waals surface area (Å²) in [6.45, 7) is 3.77. The van der Waals surface area contributed by atoms with Crippen molar-refractivity contribution in [3.8, 4) is 5.69 Å². The normalized spacial score (nSPS) is 17.0. The molecular weight excluding hydrogens is 304 g/mol. The molecule has 1 atom stereocenters. The molecule has 2 aromatic rings. The third-order valence-corrected chi connectivity index (χ3v) is 3.64. The Hall–Kier alpha value is -1.99. The number of rotatable bonds is 4. The Morgan fingerprint density at radius 3 is 3.05 bits per heavy atom. The summed E-state index contributed by atoms with van der Waals surface area (Å²) in [7, 11) is 0. The molecule has 1 unspecified atom stereocenters. The number of hydrogen-bond donors (Lipinski definition) is 2. The standard InChI is InChI=1S/C14H18N6O.ClH/c1-10-17-18-19-20(10)13-4-2-3-12(8-13)16-14(21)7-11-5-6-15-9-11;/h2-4,8,11,15H,5-7,9H2,1H3,(H,16,21);1H. The molecule has 2 N–H and O–H groups in total. The predicted octanol–water partition coefficient (Wildman–Crippen LogP) is 1.33. The van der Waals surface area contributed by atoms with Gasteiger partial charge < -0.3 is 10.6 Å². The summed E-state index contributed by atoms with van der Waals surface area (Å²) in [5.74, 6) is 1.19. The van der Waals surface area contributed by atoms with Crippen LogP contribution in [0.2, 0.25) is 0 Å². The van der Waals surface area contributed by atoms with Crippen LogP contribution in [0.4, 0.5) is 5.69 Å². The number of carbonyl (C=O) groups is 1. The van der Waals surface area contributed by atoms with E-state index in [1.807, 2.05) is 31.2 Å². The molecular formula is C14H19ClN6O. The van der Waals surface area contributed by atoms with E-state index in [-0.39, 0.29) is 18.3 Å². The van der Waals surface area contributed by atoms with E-state index in [0.29, 0.717) is 18.2 Å². The van der Waals surface area contributed by atoms with Gasteiger partial charge in [0.05, 0.1) is 5.69 Å². The Bertz CT molecular complexity index is 638. The molecule has 7 nitrogen and oxygen atoms in total. The number of aryl methyl sites for hydroxylation is 1. The molecule has 0 aliphatic carbocycles. The Balaban J connectivity index is 0.00000176. The lowest BCUT2D eigenvalue weighted by Gasteiger charge is -2.10. The van der Waals surface area contributed by atoms with Gasteiger partial charge in [-0.15, -0.1) is 17.5 Å². The van der Waals surface area contributed by atoms with Gasteiger partial charge in [0, 0.05) is 12.1 Å². The summed E-state index contributed by atoms with van der Waals surface area (Å²) in [5.41, 5.74) is 1.59. The maximum atomic E-state index is 12.0. The molecule has 0 radical (unpaired) electrons. The first-order valence-corrected chi connectivity index (χ1v) is 7.08. The van der Waals surface area contributed by atoms with E-state index in [1.165, 1.54) is 0 Å². The molecule has 1 aromatic heterocycles.